The van der Waals surface area contributed by atoms with Crippen LogP contribution in [0.5, 0.6) is 0 Å². The summed E-state index contributed by atoms with van der Waals surface area (Å²) in [6.45, 7) is 0.0552. The topological polar surface area (TPSA) is 20.2 Å². The van der Waals surface area contributed by atoms with E-state index in [1.54, 1.807) is 18.2 Å². The second kappa shape index (κ2) is 2.83. The first kappa shape index (κ1) is 10.2. The van der Waals surface area contributed by atoms with E-state index in [2.05, 4.69) is 0 Å². The number of aliphatic hydroxyl groups is 1. The molecule has 1 N–H and O–H groups in total. The Kier molecular flexibility index (Phi) is 1.81. The highest BCUT2D eigenvalue weighted by atomic mass is 19.3. The molecule has 0 atom stereocenters. The zero-order chi connectivity index (χ0) is 11.4. The molecule has 1 aromatic carbocycles. The van der Waals surface area contributed by atoms with Crippen LogP contribution in [0, 0.1) is 10.8 Å². The SMILES string of the molecule is OCC12CC(C(F)(F)c3ccccc3)(C1)C2. The van der Waals surface area contributed by atoms with Crippen LogP contribution in [0.15, 0.2) is 30.3 Å². The summed E-state index contributed by atoms with van der Waals surface area (Å²) in [5, 5.41) is 9.09. The Hall–Kier alpha value is -0.960. The lowest BCUT2D eigenvalue weighted by Gasteiger charge is -2.72. The predicted octanol–water partition coefficient (Wildman–Crippen LogP) is 2.94. The Morgan fingerprint density at radius 3 is 2.19 bits per heavy atom. The van der Waals surface area contributed by atoms with Crippen molar-refractivity contribution in [3.05, 3.63) is 35.9 Å². The molecule has 16 heavy (non-hydrogen) atoms. The third kappa shape index (κ3) is 1.02. The van der Waals surface area contributed by atoms with Gasteiger partial charge in [-0.05, 0) is 24.7 Å². The van der Waals surface area contributed by atoms with Gasteiger partial charge in [0, 0.05) is 17.6 Å². The maximum Gasteiger partial charge on any atom is 0.278 e. The quantitative estimate of drug-likeness (QED) is 0.837. The van der Waals surface area contributed by atoms with Crippen LogP contribution in [-0.2, 0) is 5.92 Å². The Bertz CT molecular complexity index is 393. The summed E-state index contributed by atoms with van der Waals surface area (Å²) >= 11 is 0. The number of hydrogen-bond acceptors (Lipinski definition) is 1. The molecule has 3 aliphatic rings. The Morgan fingerprint density at radius 2 is 1.69 bits per heavy atom. The summed E-state index contributed by atoms with van der Waals surface area (Å²) in [7, 11) is 0. The van der Waals surface area contributed by atoms with Crippen molar-refractivity contribution in [2.24, 2.45) is 10.8 Å². The average Bonchev–Trinajstić information content (AvgIpc) is 2.15. The fourth-order valence-electron chi connectivity index (χ4n) is 3.45. The first-order valence-electron chi connectivity index (χ1n) is 5.58. The molecule has 3 heteroatoms. The van der Waals surface area contributed by atoms with Crippen molar-refractivity contribution in [1.82, 2.24) is 0 Å². The molecule has 3 fully saturated rings. The lowest BCUT2D eigenvalue weighted by atomic mass is 9.33. The van der Waals surface area contributed by atoms with Gasteiger partial charge in [0.2, 0.25) is 0 Å². The molecule has 2 bridgehead atoms. The number of alkyl halides is 2. The van der Waals surface area contributed by atoms with E-state index in [4.69, 9.17) is 5.11 Å². The first-order valence-corrected chi connectivity index (χ1v) is 5.58. The lowest BCUT2D eigenvalue weighted by molar-refractivity contribution is -0.330. The molecular weight excluding hydrogens is 210 g/mol. The van der Waals surface area contributed by atoms with E-state index in [9.17, 15) is 8.78 Å². The molecule has 0 radical (unpaired) electrons. The molecule has 86 valence electrons. The molecule has 4 rings (SSSR count). The third-order valence-corrected chi connectivity index (χ3v) is 4.28. The molecule has 0 saturated heterocycles. The van der Waals surface area contributed by atoms with E-state index in [-0.39, 0.29) is 17.6 Å². The van der Waals surface area contributed by atoms with E-state index in [1.165, 1.54) is 12.1 Å². The van der Waals surface area contributed by atoms with Crippen molar-refractivity contribution in [1.29, 1.82) is 0 Å². The average molecular weight is 224 g/mol. The van der Waals surface area contributed by atoms with Crippen LogP contribution in [0.1, 0.15) is 24.8 Å². The Labute approximate surface area is 93.1 Å². The van der Waals surface area contributed by atoms with E-state index < -0.39 is 11.3 Å². The molecule has 1 nitrogen and oxygen atoms in total. The fraction of sp³-hybridized carbons (Fsp3) is 0.538. The number of benzene rings is 1. The molecule has 1 aromatic rings. The maximum absolute atomic E-state index is 14.2. The fourth-order valence-corrected chi connectivity index (χ4v) is 3.45. The number of halogens is 2. The first-order chi connectivity index (χ1) is 7.54. The molecule has 0 aliphatic heterocycles. The third-order valence-electron chi connectivity index (χ3n) is 4.28. The molecule has 3 saturated carbocycles. The van der Waals surface area contributed by atoms with Gasteiger partial charge in [-0.2, -0.15) is 0 Å². The zero-order valence-corrected chi connectivity index (χ0v) is 8.92. The van der Waals surface area contributed by atoms with Gasteiger partial charge >= 0.3 is 0 Å². The molecule has 0 amide bonds. The van der Waals surface area contributed by atoms with Crippen molar-refractivity contribution in [2.75, 3.05) is 6.61 Å². The van der Waals surface area contributed by atoms with E-state index in [0.717, 1.165) is 0 Å². The highest BCUT2D eigenvalue weighted by Crippen LogP contribution is 2.79. The van der Waals surface area contributed by atoms with E-state index >= 15 is 0 Å². The molecule has 0 aromatic heterocycles. The molecule has 0 unspecified atom stereocenters. The van der Waals surface area contributed by atoms with Crippen molar-refractivity contribution in [2.45, 2.75) is 25.2 Å². The van der Waals surface area contributed by atoms with Crippen LogP contribution in [0.3, 0.4) is 0 Å². The van der Waals surface area contributed by atoms with Gasteiger partial charge in [0.25, 0.3) is 5.92 Å². The van der Waals surface area contributed by atoms with Crippen molar-refractivity contribution < 1.29 is 13.9 Å². The van der Waals surface area contributed by atoms with Gasteiger partial charge in [0.1, 0.15) is 0 Å². The molecule has 0 heterocycles. The predicted molar refractivity (Wildman–Crippen MR) is 56.1 cm³/mol. The second-order valence-electron chi connectivity index (χ2n) is 5.41. The highest BCUT2D eigenvalue weighted by Gasteiger charge is 2.77. The van der Waals surface area contributed by atoms with Gasteiger partial charge in [-0.15, -0.1) is 0 Å². The van der Waals surface area contributed by atoms with Crippen molar-refractivity contribution in [3.63, 3.8) is 0 Å². The van der Waals surface area contributed by atoms with Gasteiger partial charge in [-0.25, -0.2) is 8.78 Å². The minimum atomic E-state index is -2.74. The van der Waals surface area contributed by atoms with Crippen LogP contribution >= 0.6 is 0 Å². The van der Waals surface area contributed by atoms with Crippen molar-refractivity contribution >= 4 is 0 Å². The van der Waals surface area contributed by atoms with Gasteiger partial charge in [-0.3, -0.25) is 0 Å². The summed E-state index contributed by atoms with van der Waals surface area (Å²) in [6, 6.07) is 8.03. The Morgan fingerprint density at radius 1 is 1.12 bits per heavy atom. The largest absolute Gasteiger partial charge is 0.396 e. The van der Waals surface area contributed by atoms with Gasteiger partial charge in [0.15, 0.2) is 0 Å². The van der Waals surface area contributed by atoms with Gasteiger partial charge in [-0.1, -0.05) is 30.3 Å². The molecule has 3 aliphatic carbocycles. The second-order valence-corrected chi connectivity index (χ2v) is 5.41. The van der Waals surface area contributed by atoms with Gasteiger partial charge < -0.3 is 5.11 Å². The van der Waals surface area contributed by atoms with Crippen LogP contribution in [0.2, 0.25) is 0 Å². The minimum absolute atomic E-state index is 0.0552. The van der Waals surface area contributed by atoms with Crippen LogP contribution in [0.25, 0.3) is 0 Å². The summed E-state index contributed by atoms with van der Waals surface area (Å²) < 4.78 is 28.5. The number of hydrogen-bond donors (Lipinski definition) is 1. The number of rotatable bonds is 3. The van der Waals surface area contributed by atoms with Crippen molar-refractivity contribution in [3.8, 4) is 0 Å². The van der Waals surface area contributed by atoms with Crippen LogP contribution < -0.4 is 0 Å². The standard InChI is InChI=1S/C13H14F2O/c14-13(15,10-4-2-1-3-5-10)12-6-11(7-12,8-12)9-16/h1-5,16H,6-9H2. The van der Waals surface area contributed by atoms with Crippen LogP contribution in [-0.4, -0.2) is 11.7 Å². The lowest BCUT2D eigenvalue weighted by Crippen LogP contribution is -2.69. The van der Waals surface area contributed by atoms with E-state index in [1.807, 2.05) is 0 Å². The van der Waals surface area contributed by atoms with Gasteiger partial charge in [0.05, 0.1) is 0 Å². The number of aliphatic hydroxyl groups excluding tert-OH is 1. The molecule has 0 spiro atoms. The summed E-state index contributed by atoms with van der Waals surface area (Å²) in [5.74, 6) is -2.74. The minimum Gasteiger partial charge on any atom is -0.396 e. The summed E-state index contributed by atoms with van der Waals surface area (Å²) in [4.78, 5) is 0. The van der Waals surface area contributed by atoms with E-state index in [0.29, 0.717) is 19.3 Å². The Balaban J connectivity index is 1.86. The maximum atomic E-state index is 14.2. The summed E-state index contributed by atoms with van der Waals surface area (Å²) in [6.07, 6.45) is 1.41. The van der Waals surface area contributed by atoms with Crippen LogP contribution in [0.4, 0.5) is 8.78 Å². The summed E-state index contributed by atoms with van der Waals surface area (Å²) in [5.41, 5.74) is -0.920. The monoisotopic (exact) mass is 224 g/mol. The zero-order valence-electron chi connectivity index (χ0n) is 8.92. The normalized spacial score (nSPS) is 36.4. The highest BCUT2D eigenvalue weighted by molar-refractivity contribution is 5.31. The smallest absolute Gasteiger partial charge is 0.278 e. The molecular formula is C13H14F2O.